The standard InChI is InChI=1S/C21H28N4O2.HI/c1-15(2)18(16-6-4-9-23-13-16)14-24-21(22-3)25-17-7-8-19-20(12-17)27-11-5-10-26-19;/h4,6-9,12-13,15,18H,5,10-11,14H2,1-3H3,(H2,22,24,25);1H. The first-order valence-electron chi connectivity index (χ1n) is 9.44. The topological polar surface area (TPSA) is 67.8 Å². The van der Waals surface area contributed by atoms with Gasteiger partial charge in [0.2, 0.25) is 0 Å². The van der Waals surface area contributed by atoms with Crippen molar-refractivity contribution in [2.24, 2.45) is 10.9 Å². The van der Waals surface area contributed by atoms with Crippen molar-refractivity contribution >= 4 is 35.6 Å². The molecule has 28 heavy (non-hydrogen) atoms. The second-order valence-corrected chi connectivity index (χ2v) is 6.93. The average Bonchev–Trinajstić information content (AvgIpc) is 2.92. The van der Waals surface area contributed by atoms with E-state index in [0.29, 0.717) is 25.0 Å². The highest BCUT2D eigenvalue weighted by molar-refractivity contribution is 14.0. The van der Waals surface area contributed by atoms with E-state index in [1.165, 1.54) is 5.56 Å². The van der Waals surface area contributed by atoms with Crippen molar-refractivity contribution in [3.8, 4) is 11.5 Å². The summed E-state index contributed by atoms with van der Waals surface area (Å²) in [6, 6.07) is 9.97. The fourth-order valence-electron chi connectivity index (χ4n) is 3.10. The van der Waals surface area contributed by atoms with Gasteiger partial charge in [-0.1, -0.05) is 19.9 Å². The monoisotopic (exact) mass is 496 g/mol. The maximum Gasteiger partial charge on any atom is 0.195 e. The predicted octanol–water partition coefficient (Wildman–Crippen LogP) is 4.29. The molecule has 1 aliphatic rings. The zero-order valence-electron chi connectivity index (χ0n) is 16.6. The van der Waals surface area contributed by atoms with Gasteiger partial charge in [-0.05, 0) is 29.7 Å². The zero-order valence-corrected chi connectivity index (χ0v) is 19.0. The molecule has 0 aliphatic carbocycles. The number of hydrogen-bond donors (Lipinski definition) is 2. The van der Waals surface area contributed by atoms with Gasteiger partial charge in [0, 0.05) is 50.1 Å². The van der Waals surface area contributed by atoms with Crippen molar-refractivity contribution in [2.45, 2.75) is 26.2 Å². The summed E-state index contributed by atoms with van der Waals surface area (Å²) in [5.74, 6) is 3.11. The number of aliphatic imine (C=N–C) groups is 1. The molecule has 7 heteroatoms. The minimum Gasteiger partial charge on any atom is -0.490 e. The second-order valence-electron chi connectivity index (χ2n) is 6.93. The van der Waals surface area contributed by atoms with Crippen LogP contribution in [0.4, 0.5) is 5.69 Å². The number of pyridine rings is 1. The number of ether oxygens (including phenoxy) is 2. The molecule has 1 atom stereocenters. The Kier molecular flexibility index (Phi) is 8.82. The third-order valence-corrected chi connectivity index (χ3v) is 4.64. The molecule has 0 saturated heterocycles. The van der Waals surface area contributed by atoms with Gasteiger partial charge >= 0.3 is 0 Å². The van der Waals surface area contributed by atoms with E-state index in [2.05, 4.69) is 40.5 Å². The van der Waals surface area contributed by atoms with Gasteiger partial charge in [-0.3, -0.25) is 9.98 Å². The summed E-state index contributed by atoms with van der Waals surface area (Å²) in [6.07, 6.45) is 4.64. The van der Waals surface area contributed by atoms with Crippen LogP contribution in [0.3, 0.4) is 0 Å². The number of rotatable bonds is 5. The van der Waals surface area contributed by atoms with E-state index in [4.69, 9.17) is 9.47 Å². The molecule has 0 radical (unpaired) electrons. The maximum atomic E-state index is 5.76. The summed E-state index contributed by atoms with van der Waals surface area (Å²) < 4.78 is 11.4. The fourth-order valence-corrected chi connectivity index (χ4v) is 3.10. The highest BCUT2D eigenvalue weighted by Crippen LogP contribution is 2.32. The molecule has 3 rings (SSSR count). The van der Waals surface area contributed by atoms with Crippen molar-refractivity contribution in [1.29, 1.82) is 0 Å². The summed E-state index contributed by atoms with van der Waals surface area (Å²) in [7, 11) is 1.77. The van der Waals surface area contributed by atoms with Gasteiger partial charge in [0.25, 0.3) is 0 Å². The lowest BCUT2D eigenvalue weighted by atomic mass is 9.89. The molecule has 152 valence electrons. The van der Waals surface area contributed by atoms with Gasteiger partial charge < -0.3 is 20.1 Å². The van der Waals surface area contributed by atoms with Crippen molar-refractivity contribution in [2.75, 3.05) is 32.1 Å². The van der Waals surface area contributed by atoms with E-state index >= 15 is 0 Å². The third kappa shape index (κ3) is 5.98. The third-order valence-electron chi connectivity index (χ3n) is 4.64. The van der Waals surface area contributed by atoms with Crippen molar-refractivity contribution in [3.63, 3.8) is 0 Å². The van der Waals surface area contributed by atoms with E-state index in [9.17, 15) is 0 Å². The molecule has 2 heterocycles. The largest absolute Gasteiger partial charge is 0.490 e. The Labute approximate surface area is 184 Å². The molecule has 2 N–H and O–H groups in total. The predicted molar refractivity (Wildman–Crippen MR) is 124 cm³/mol. The van der Waals surface area contributed by atoms with Crippen molar-refractivity contribution in [3.05, 3.63) is 48.3 Å². The molecule has 6 nitrogen and oxygen atoms in total. The molecule has 0 amide bonds. The second kappa shape index (κ2) is 11.1. The number of halogens is 1. The van der Waals surface area contributed by atoms with Crippen LogP contribution < -0.4 is 20.1 Å². The van der Waals surface area contributed by atoms with E-state index in [1.54, 1.807) is 13.2 Å². The summed E-state index contributed by atoms with van der Waals surface area (Å²) in [6.45, 7) is 6.57. The quantitative estimate of drug-likeness (QED) is 0.368. The van der Waals surface area contributed by atoms with Crippen molar-refractivity contribution < 1.29 is 9.47 Å². The van der Waals surface area contributed by atoms with Crippen molar-refractivity contribution in [1.82, 2.24) is 10.3 Å². The molecule has 1 aliphatic heterocycles. The van der Waals surface area contributed by atoms with Gasteiger partial charge in [0.15, 0.2) is 17.5 Å². The number of benzene rings is 1. The Bertz CT molecular complexity index is 768. The van der Waals surface area contributed by atoms with Crippen LogP contribution in [0.2, 0.25) is 0 Å². The summed E-state index contributed by atoms with van der Waals surface area (Å²) >= 11 is 0. The van der Waals surface area contributed by atoms with Crippen LogP contribution in [0.5, 0.6) is 11.5 Å². The van der Waals surface area contributed by atoms with Gasteiger partial charge in [0.05, 0.1) is 13.2 Å². The number of aromatic nitrogens is 1. The normalized spacial score (nSPS) is 14.6. The molecular weight excluding hydrogens is 467 g/mol. The first-order valence-corrected chi connectivity index (χ1v) is 9.44. The lowest BCUT2D eigenvalue weighted by molar-refractivity contribution is 0.297. The summed E-state index contributed by atoms with van der Waals surface area (Å²) in [5, 5.41) is 6.76. The fraction of sp³-hybridized carbons (Fsp3) is 0.429. The highest BCUT2D eigenvalue weighted by atomic mass is 127. The number of hydrogen-bond acceptors (Lipinski definition) is 4. The number of nitrogens with one attached hydrogen (secondary N) is 2. The van der Waals surface area contributed by atoms with Gasteiger partial charge in [-0.2, -0.15) is 0 Å². The SMILES string of the molecule is CN=C(NCC(c1cccnc1)C(C)C)Nc1ccc2c(c1)OCCCO2.I. The number of fused-ring (bicyclic) bond motifs is 1. The zero-order chi connectivity index (χ0) is 19.1. The van der Waals surface area contributed by atoms with Crippen LogP contribution in [0, 0.1) is 5.92 Å². The smallest absolute Gasteiger partial charge is 0.195 e. The summed E-state index contributed by atoms with van der Waals surface area (Å²) in [4.78, 5) is 8.60. The Hall–Kier alpha value is -2.03. The van der Waals surface area contributed by atoms with Gasteiger partial charge in [-0.15, -0.1) is 24.0 Å². The number of guanidine groups is 1. The number of nitrogens with zero attached hydrogens (tertiary/aromatic N) is 2. The lowest BCUT2D eigenvalue weighted by Gasteiger charge is -2.23. The molecular formula is C21H29IN4O2. The number of anilines is 1. The lowest BCUT2D eigenvalue weighted by Crippen LogP contribution is -2.35. The minimum atomic E-state index is 0. The molecule has 1 unspecified atom stereocenters. The minimum absolute atomic E-state index is 0. The van der Waals surface area contributed by atoms with Gasteiger partial charge in [-0.25, -0.2) is 0 Å². The van der Waals surface area contributed by atoms with Crippen LogP contribution in [-0.2, 0) is 0 Å². The Morgan fingerprint density at radius 1 is 1.18 bits per heavy atom. The molecule has 1 aromatic heterocycles. The van der Waals surface area contributed by atoms with E-state index in [1.807, 2.05) is 30.5 Å². The molecule has 0 saturated carbocycles. The van der Waals surface area contributed by atoms with E-state index < -0.39 is 0 Å². The molecule has 2 aromatic rings. The van der Waals surface area contributed by atoms with Gasteiger partial charge in [0.1, 0.15) is 0 Å². The highest BCUT2D eigenvalue weighted by Gasteiger charge is 2.17. The van der Waals surface area contributed by atoms with E-state index in [0.717, 1.165) is 36.1 Å². The first-order chi connectivity index (χ1) is 13.2. The molecule has 0 fully saturated rings. The van der Waals surface area contributed by atoms with Crippen LogP contribution in [-0.4, -0.2) is 37.7 Å². The Morgan fingerprint density at radius 2 is 1.96 bits per heavy atom. The van der Waals surface area contributed by atoms with E-state index in [-0.39, 0.29) is 24.0 Å². The molecule has 0 bridgehead atoms. The van der Waals surface area contributed by atoms with Crippen LogP contribution in [0.1, 0.15) is 31.7 Å². The van der Waals surface area contributed by atoms with Crippen LogP contribution in [0.15, 0.2) is 47.7 Å². The molecule has 0 spiro atoms. The average molecular weight is 496 g/mol. The van der Waals surface area contributed by atoms with Crippen LogP contribution >= 0.6 is 24.0 Å². The Balaban J connectivity index is 0.00000280. The maximum absolute atomic E-state index is 5.76. The Morgan fingerprint density at radius 3 is 2.64 bits per heavy atom. The summed E-state index contributed by atoms with van der Waals surface area (Å²) in [5.41, 5.74) is 2.14. The van der Waals surface area contributed by atoms with Crippen LogP contribution in [0.25, 0.3) is 0 Å². The first kappa shape index (κ1) is 22.3. The molecule has 1 aromatic carbocycles.